The average molecular weight is 377 g/mol. The average Bonchev–Trinajstić information content (AvgIpc) is 3.20. The van der Waals surface area contributed by atoms with Gasteiger partial charge in [0, 0.05) is 36.0 Å². The number of carbonyl (C=O) groups excluding carboxylic acids is 1. The van der Waals surface area contributed by atoms with Crippen LogP contribution in [0.4, 0.5) is 5.69 Å². The Morgan fingerprint density at radius 3 is 2.75 bits per heavy atom. The molecule has 0 radical (unpaired) electrons. The Bertz CT molecular complexity index is 954. The molecule has 1 amide bonds. The number of hydrogen-bond donors (Lipinski definition) is 0. The molecule has 0 bridgehead atoms. The Kier molecular flexibility index (Phi) is 5.12. The zero-order chi connectivity index (χ0) is 19.5. The van der Waals surface area contributed by atoms with Crippen LogP contribution in [0.25, 0.3) is 11.3 Å². The molecule has 2 aromatic carbocycles. The quantitative estimate of drug-likeness (QED) is 0.680. The van der Waals surface area contributed by atoms with Crippen molar-refractivity contribution in [1.82, 2.24) is 10.1 Å². The lowest BCUT2D eigenvalue weighted by Gasteiger charge is -2.38. The molecule has 28 heavy (non-hydrogen) atoms. The highest BCUT2D eigenvalue weighted by atomic mass is 16.5. The van der Waals surface area contributed by atoms with Gasteiger partial charge in [-0.2, -0.15) is 0 Å². The first kappa shape index (κ1) is 18.3. The predicted molar refractivity (Wildman–Crippen MR) is 107 cm³/mol. The predicted octanol–water partition coefficient (Wildman–Crippen LogP) is 3.59. The van der Waals surface area contributed by atoms with E-state index in [0.717, 1.165) is 28.5 Å². The third kappa shape index (κ3) is 3.77. The minimum Gasteiger partial charge on any atom is -0.497 e. The van der Waals surface area contributed by atoms with Crippen molar-refractivity contribution in [3.05, 3.63) is 66.4 Å². The van der Waals surface area contributed by atoms with Gasteiger partial charge in [0.2, 0.25) is 5.91 Å². The van der Waals surface area contributed by atoms with Crippen molar-refractivity contribution in [2.45, 2.75) is 19.5 Å². The maximum absolute atomic E-state index is 12.8. The summed E-state index contributed by atoms with van der Waals surface area (Å²) in [5.41, 5.74) is 2.69. The number of benzene rings is 2. The molecular weight excluding hydrogens is 354 g/mol. The van der Waals surface area contributed by atoms with Crippen LogP contribution in [0, 0.1) is 0 Å². The van der Waals surface area contributed by atoms with Crippen LogP contribution in [0.1, 0.15) is 12.7 Å². The van der Waals surface area contributed by atoms with Crippen molar-refractivity contribution in [3.8, 4) is 17.0 Å². The number of ether oxygens (including phenoxy) is 1. The summed E-state index contributed by atoms with van der Waals surface area (Å²) in [6, 6.07) is 19.7. The molecule has 2 heterocycles. The van der Waals surface area contributed by atoms with Crippen LogP contribution in [0.3, 0.4) is 0 Å². The minimum absolute atomic E-state index is 0.0640. The molecule has 1 atom stereocenters. The second kappa shape index (κ2) is 7.86. The molecule has 0 unspecified atom stereocenters. The number of amides is 1. The van der Waals surface area contributed by atoms with Gasteiger partial charge in [-0.25, -0.2) is 0 Å². The van der Waals surface area contributed by atoms with E-state index in [2.05, 4.69) is 17.0 Å². The number of hydrogen-bond acceptors (Lipinski definition) is 5. The molecule has 3 aromatic rings. The summed E-state index contributed by atoms with van der Waals surface area (Å²) in [4.78, 5) is 16.7. The summed E-state index contributed by atoms with van der Waals surface area (Å²) in [7, 11) is 1.63. The first-order valence-electron chi connectivity index (χ1n) is 9.33. The van der Waals surface area contributed by atoms with Crippen LogP contribution >= 0.6 is 0 Å². The van der Waals surface area contributed by atoms with Crippen molar-refractivity contribution in [2.24, 2.45) is 0 Å². The first-order valence-corrected chi connectivity index (χ1v) is 9.33. The monoisotopic (exact) mass is 377 g/mol. The molecule has 1 fully saturated rings. The molecule has 0 saturated carbocycles. The lowest BCUT2D eigenvalue weighted by Crippen LogP contribution is -2.54. The van der Waals surface area contributed by atoms with E-state index in [1.807, 2.05) is 65.6 Å². The fourth-order valence-corrected chi connectivity index (χ4v) is 3.47. The topological polar surface area (TPSA) is 58.8 Å². The molecule has 4 rings (SSSR count). The van der Waals surface area contributed by atoms with E-state index in [0.29, 0.717) is 19.6 Å². The normalized spacial score (nSPS) is 17.7. The van der Waals surface area contributed by atoms with Crippen LogP contribution in [0.2, 0.25) is 0 Å². The zero-order valence-electron chi connectivity index (χ0n) is 16.0. The van der Waals surface area contributed by atoms with Gasteiger partial charge in [-0.3, -0.25) is 9.69 Å². The number of rotatable bonds is 5. The van der Waals surface area contributed by atoms with E-state index in [1.165, 1.54) is 0 Å². The highest BCUT2D eigenvalue weighted by Crippen LogP contribution is 2.26. The van der Waals surface area contributed by atoms with Crippen molar-refractivity contribution >= 4 is 11.6 Å². The third-order valence-corrected chi connectivity index (χ3v) is 5.06. The maximum Gasteiger partial charge on any atom is 0.241 e. The van der Waals surface area contributed by atoms with Gasteiger partial charge in [-0.15, -0.1) is 0 Å². The Hall–Kier alpha value is -3.12. The minimum atomic E-state index is 0.0640. The van der Waals surface area contributed by atoms with E-state index in [4.69, 9.17) is 9.26 Å². The summed E-state index contributed by atoms with van der Waals surface area (Å²) >= 11 is 0. The Balaban J connectivity index is 1.45. The first-order chi connectivity index (χ1) is 13.6. The molecule has 1 aromatic heterocycles. The van der Waals surface area contributed by atoms with Crippen LogP contribution in [0.15, 0.2) is 65.2 Å². The highest BCUT2D eigenvalue weighted by Gasteiger charge is 2.31. The number of anilines is 1. The van der Waals surface area contributed by atoms with Gasteiger partial charge >= 0.3 is 0 Å². The molecule has 0 spiro atoms. The van der Waals surface area contributed by atoms with Crippen molar-refractivity contribution < 1.29 is 14.1 Å². The number of piperazine rings is 1. The van der Waals surface area contributed by atoms with Crippen LogP contribution in [0.5, 0.6) is 5.75 Å². The van der Waals surface area contributed by atoms with E-state index in [1.54, 1.807) is 7.11 Å². The van der Waals surface area contributed by atoms with Gasteiger partial charge in [-0.1, -0.05) is 41.6 Å². The molecule has 1 saturated heterocycles. The zero-order valence-corrected chi connectivity index (χ0v) is 16.0. The highest BCUT2D eigenvalue weighted by molar-refractivity contribution is 5.95. The number of methoxy groups -OCH3 is 1. The Labute approximate surface area is 164 Å². The lowest BCUT2D eigenvalue weighted by molar-refractivity contribution is -0.122. The summed E-state index contributed by atoms with van der Waals surface area (Å²) in [6.45, 7) is 3.62. The summed E-state index contributed by atoms with van der Waals surface area (Å²) in [6.07, 6.45) is 0. The summed E-state index contributed by atoms with van der Waals surface area (Å²) < 4.78 is 10.8. The standard InChI is InChI=1S/C22H23N3O3/c1-16-13-25(18-9-6-10-19(11-18)27-2)22(26)15-24(16)14-20-12-21(23-28-20)17-7-4-3-5-8-17/h3-12,16H,13-15H2,1-2H3/t16-/m0/s1. The van der Waals surface area contributed by atoms with Gasteiger partial charge in [0.25, 0.3) is 0 Å². The molecule has 0 N–H and O–H groups in total. The SMILES string of the molecule is COc1cccc(N2C[C@H](C)N(Cc3cc(-c4ccccc4)no3)CC2=O)c1. The molecule has 6 heteroatoms. The van der Waals surface area contributed by atoms with Gasteiger partial charge < -0.3 is 14.2 Å². The summed E-state index contributed by atoms with van der Waals surface area (Å²) in [5.74, 6) is 1.57. The van der Waals surface area contributed by atoms with Gasteiger partial charge in [-0.05, 0) is 19.1 Å². The van der Waals surface area contributed by atoms with Crippen LogP contribution < -0.4 is 9.64 Å². The van der Waals surface area contributed by atoms with Crippen LogP contribution in [-0.4, -0.2) is 42.2 Å². The van der Waals surface area contributed by atoms with E-state index in [-0.39, 0.29) is 11.9 Å². The molecule has 1 aliphatic rings. The number of nitrogens with zero attached hydrogens (tertiary/aromatic N) is 3. The largest absolute Gasteiger partial charge is 0.497 e. The van der Waals surface area contributed by atoms with Gasteiger partial charge in [0.15, 0.2) is 5.76 Å². The van der Waals surface area contributed by atoms with E-state index < -0.39 is 0 Å². The molecule has 144 valence electrons. The van der Waals surface area contributed by atoms with Crippen LogP contribution in [-0.2, 0) is 11.3 Å². The third-order valence-electron chi connectivity index (χ3n) is 5.06. The molecular formula is C22H23N3O3. The molecule has 6 nitrogen and oxygen atoms in total. The van der Waals surface area contributed by atoms with E-state index in [9.17, 15) is 4.79 Å². The molecule has 0 aliphatic carbocycles. The maximum atomic E-state index is 12.8. The second-order valence-corrected chi connectivity index (χ2v) is 7.00. The Morgan fingerprint density at radius 2 is 1.96 bits per heavy atom. The van der Waals surface area contributed by atoms with Gasteiger partial charge in [0.1, 0.15) is 11.4 Å². The van der Waals surface area contributed by atoms with Gasteiger partial charge in [0.05, 0.1) is 20.2 Å². The van der Waals surface area contributed by atoms with Crippen molar-refractivity contribution in [3.63, 3.8) is 0 Å². The van der Waals surface area contributed by atoms with E-state index >= 15 is 0 Å². The lowest BCUT2D eigenvalue weighted by atomic mass is 10.1. The van der Waals surface area contributed by atoms with Crippen molar-refractivity contribution in [1.29, 1.82) is 0 Å². The Morgan fingerprint density at radius 1 is 1.14 bits per heavy atom. The second-order valence-electron chi connectivity index (χ2n) is 7.00. The number of carbonyl (C=O) groups is 1. The molecule has 1 aliphatic heterocycles. The fourth-order valence-electron chi connectivity index (χ4n) is 3.47. The summed E-state index contributed by atoms with van der Waals surface area (Å²) in [5, 5.41) is 4.17. The smallest absolute Gasteiger partial charge is 0.241 e. The number of aromatic nitrogens is 1. The van der Waals surface area contributed by atoms with Crippen molar-refractivity contribution in [2.75, 3.05) is 25.1 Å². The fraction of sp³-hybridized carbons (Fsp3) is 0.273.